The Balaban J connectivity index is 1.62. The van der Waals surface area contributed by atoms with Gasteiger partial charge in [-0.15, -0.1) is 0 Å². The fourth-order valence-electron chi connectivity index (χ4n) is 2.42. The lowest BCUT2D eigenvalue weighted by atomic mass is 10.1. The van der Waals surface area contributed by atoms with Crippen LogP contribution in [0, 0.1) is 0 Å². The quantitative estimate of drug-likeness (QED) is 0.603. The van der Waals surface area contributed by atoms with Gasteiger partial charge >= 0.3 is 0 Å². The molecule has 0 bridgehead atoms. The van der Waals surface area contributed by atoms with Crippen LogP contribution in [0.15, 0.2) is 58.0 Å². The van der Waals surface area contributed by atoms with Crippen LogP contribution in [-0.4, -0.2) is 16.3 Å². The number of aliphatic imine (C=N–C) groups is 1. The lowest BCUT2D eigenvalue weighted by Gasteiger charge is -2.01. The van der Waals surface area contributed by atoms with E-state index in [1.165, 1.54) is 11.3 Å². The molecule has 1 aliphatic heterocycles. The zero-order valence-corrected chi connectivity index (χ0v) is 14.8. The lowest BCUT2D eigenvalue weighted by Crippen LogP contribution is -1.87. The lowest BCUT2D eigenvalue weighted by molar-refractivity contribution is 0.457. The monoisotopic (exact) mass is 397 g/mol. The van der Waals surface area contributed by atoms with E-state index in [1.54, 1.807) is 0 Å². The van der Waals surface area contributed by atoms with Crippen LogP contribution < -0.4 is 5.32 Å². The van der Waals surface area contributed by atoms with E-state index in [4.69, 9.17) is 0 Å². The molecule has 0 aliphatic carbocycles. The van der Waals surface area contributed by atoms with Crippen molar-refractivity contribution in [2.75, 3.05) is 5.32 Å². The summed E-state index contributed by atoms with van der Waals surface area (Å²) in [5.41, 5.74) is 3.90. The Kier molecular flexibility index (Phi) is 3.92. The maximum Gasteiger partial charge on any atom is 0.231 e. The second kappa shape index (κ2) is 6.22. The Bertz CT molecular complexity index is 961. The summed E-state index contributed by atoms with van der Waals surface area (Å²) in [5, 5.41) is 14.0. The van der Waals surface area contributed by atoms with Crippen molar-refractivity contribution in [3.8, 4) is 5.88 Å². The van der Waals surface area contributed by atoms with Gasteiger partial charge < -0.3 is 10.4 Å². The number of nitrogens with one attached hydrogen (secondary N) is 1. The van der Waals surface area contributed by atoms with Crippen molar-refractivity contribution >= 4 is 61.6 Å². The fourth-order valence-corrected chi connectivity index (χ4v) is 3.52. The molecule has 0 unspecified atom stereocenters. The molecule has 0 radical (unpaired) electrons. The number of fused-ring (bicyclic) bond motifs is 1. The predicted molar refractivity (Wildman–Crippen MR) is 104 cm³/mol. The molecule has 118 valence electrons. The van der Waals surface area contributed by atoms with Crippen LogP contribution in [0.2, 0.25) is 0 Å². The van der Waals surface area contributed by atoms with Gasteiger partial charge in [-0.2, -0.15) is 4.98 Å². The molecule has 2 aromatic carbocycles. The molecule has 2 N–H and O–H groups in total. The van der Waals surface area contributed by atoms with E-state index >= 15 is 0 Å². The highest BCUT2D eigenvalue weighted by molar-refractivity contribution is 9.10. The number of allylic oxidation sites excluding steroid dienone is 1. The molecule has 0 fully saturated rings. The number of halogens is 1. The van der Waals surface area contributed by atoms with E-state index in [-0.39, 0.29) is 5.88 Å². The number of para-hydroxylation sites is 1. The highest BCUT2D eigenvalue weighted by Crippen LogP contribution is 2.37. The van der Waals surface area contributed by atoms with Gasteiger partial charge in [0.15, 0.2) is 5.13 Å². The third kappa shape index (κ3) is 2.98. The van der Waals surface area contributed by atoms with Gasteiger partial charge in [0.2, 0.25) is 5.88 Å². The van der Waals surface area contributed by atoms with Gasteiger partial charge in [-0.1, -0.05) is 45.5 Å². The Morgan fingerprint density at radius 3 is 2.71 bits per heavy atom. The van der Waals surface area contributed by atoms with Gasteiger partial charge in [0.05, 0.1) is 10.6 Å². The van der Waals surface area contributed by atoms with E-state index in [9.17, 15) is 5.11 Å². The zero-order chi connectivity index (χ0) is 16.5. The number of benzene rings is 2. The van der Waals surface area contributed by atoms with E-state index < -0.39 is 0 Å². The van der Waals surface area contributed by atoms with Crippen molar-refractivity contribution in [1.29, 1.82) is 0 Å². The second-order valence-corrected chi connectivity index (χ2v) is 7.16. The summed E-state index contributed by atoms with van der Waals surface area (Å²) in [6, 6.07) is 15.7. The third-order valence-electron chi connectivity index (χ3n) is 3.57. The predicted octanol–water partition coefficient (Wildman–Crippen LogP) is 5.61. The molecule has 4 rings (SSSR count). The number of anilines is 2. The first-order valence-electron chi connectivity index (χ1n) is 7.26. The molecule has 0 saturated carbocycles. The molecule has 3 aromatic rings. The fraction of sp³-hybridized carbons (Fsp3) is 0. The minimum atomic E-state index is 0.0184. The van der Waals surface area contributed by atoms with Crippen molar-refractivity contribution < 1.29 is 5.11 Å². The molecule has 4 nitrogen and oxygen atoms in total. The minimum Gasteiger partial charge on any atom is -0.492 e. The number of nitrogens with zero attached hydrogens (tertiary/aromatic N) is 2. The van der Waals surface area contributed by atoms with Crippen LogP contribution in [0.3, 0.4) is 0 Å². The summed E-state index contributed by atoms with van der Waals surface area (Å²) in [4.78, 5) is 9.27. The van der Waals surface area contributed by atoms with Crippen LogP contribution in [0.5, 0.6) is 5.88 Å². The highest BCUT2D eigenvalue weighted by Gasteiger charge is 2.14. The average molecular weight is 398 g/mol. The van der Waals surface area contributed by atoms with Crippen LogP contribution in [0.25, 0.3) is 11.6 Å². The molecule has 24 heavy (non-hydrogen) atoms. The highest BCUT2D eigenvalue weighted by atomic mass is 79.9. The summed E-state index contributed by atoms with van der Waals surface area (Å²) < 4.78 is 1.01. The molecule has 2 heterocycles. The smallest absolute Gasteiger partial charge is 0.231 e. The maximum absolute atomic E-state index is 10.1. The first kappa shape index (κ1) is 15.1. The Morgan fingerprint density at radius 2 is 1.88 bits per heavy atom. The first-order valence-corrected chi connectivity index (χ1v) is 8.87. The largest absolute Gasteiger partial charge is 0.492 e. The number of aromatic hydroxyl groups is 1. The molecular weight excluding hydrogens is 386 g/mol. The number of thiazole rings is 1. The van der Waals surface area contributed by atoms with Gasteiger partial charge in [0.25, 0.3) is 0 Å². The van der Waals surface area contributed by atoms with Gasteiger partial charge in [0, 0.05) is 27.5 Å². The van der Waals surface area contributed by atoms with Crippen molar-refractivity contribution in [2.24, 2.45) is 4.99 Å². The van der Waals surface area contributed by atoms with E-state index in [0.29, 0.717) is 10.0 Å². The molecule has 1 aliphatic rings. The molecule has 0 atom stereocenters. The van der Waals surface area contributed by atoms with Crippen LogP contribution in [0.4, 0.5) is 16.5 Å². The number of rotatable bonds is 3. The van der Waals surface area contributed by atoms with Crippen molar-refractivity contribution in [3.05, 3.63) is 63.4 Å². The second-order valence-electron chi connectivity index (χ2n) is 5.21. The molecular formula is C18H12BrN3OS. The van der Waals surface area contributed by atoms with E-state index in [2.05, 4.69) is 31.2 Å². The Morgan fingerprint density at radius 1 is 1.08 bits per heavy atom. The number of hydrogen-bond donors (Lipinski definition) is 2. The maximum atomic E-state index is 10.1. The summed E-state index contributed by atoms with van der Waals surface area (Å²) in [5.74, 6) is 0.0184. The number of aromatic nitrogens is 1. The molecule has 0 amide bonds. The Hall–Kier alpha value is -2.44. The molecule has 1 aromatic heterocycles. The van der Waals surface area contributed by atoms with Gasteiger partial charge in [0.1, 0.15) is 0 Å². The van der Waals surface area contributed by atoms with Crippen molar-refractivity contribution in [2.45, 2.75) is 0 Å². The SMILES string of the molecule is Oc1nc(Nc2ccc(Br)cc2)sc1/C=C1/C=Nc2ccccc21. The Labute approximate surface area is 151 Å². The molecule has 0 spiro atoms. The van der Waals surface area contributed by atoms with Gasteiger partial charge in [-0.05, 0) is 36.4 Å². The van der Waals surface area contributed by atoms with E-state index in [0.717, 1.165) is 27.0 Å². The first-order chi connectivity index (χ1) is 11.7. The van der Waals surface area contributed by atoms with Crippen LogP contribution in [0.1, 0.15) is 10.4 Å². The zero-order valence-electron chi connectivity index (χ0n) is 12.4. The van der Waals surface area contributed by atoms with E-state index in [1.807, 2.05) is 60.8 Å². The number of hydrogen-bond acceptors (Lipinski definition) is 5. The normalized spacial score (nSPS) is 14.1. The van der Waals surface area contributed by atoms with Gasteiger partial charge in [-0.3, -0.25) is 4.99 Å². The summed E-state index contributed by atoms with van der Waals surface area (Å²) in [6.45, 7) is 0. The van der Waals surface area contributed by atoms with Crippen LogP contribution in [-0.2, 0) is 0 Å². The van der Waals surface area contributed by atoms with Gasteiger partial charge in [-0.25, -0.2) is 0 Å². The summed E-state index contributed by atoms with van der Waals surface area (Å²) >= 11 is 4.81. The van der Waals surface area contributed by atoms with Crippen molar-refractivity contribution in [1.82, 2.24) is 4.98 Å². The third-order valence-corrected chi connectivity index (χ3v) is 5.01. The minimum absolute atomic E-state index is 0.0184. The summed E-state index contributed by atoms with van der Waals surface area (Å²) in [7, 11) is 0. The standard InChI is InChI=1S/C18H12BrN3OS/c19-12-5-7-13(8-6-12)21-18-22-17(23)16(24-18)9-11-10-20-15-4-2-1-3-14(11)15/h1-10,23H,(H,21,22)/b11-9-. The molecule has 6 heteroatoms. The van der Waals surface area contributed by atoms with Crippen LogP contribution >= 0.6 is 27.3 Å². The summed E-state index contributed by atoms with van der Waals surface area (Å²) in [6.07, 6.45) is 3.72. The van der Waals surface area contributed by atoms with Crippen molar-refractivity contribution in [3.63, 3.8) is 0 Å². The molecule has 0 saturated heterocycles. The topological polar surface area (TPSA) is 57.5 Å². The average Bonchev–Trinajstić information content (AvgIpc) is 3.14.